The summed E-state index contributed by atoms with van der Waals surface area (Å²) in [6.45, 7) is 3.75. The Morgan fingerprint density at radius 2 is 1.59 bits per heavy atom. The lowest BCUT2D eigenvalue weighted by Gasteiger charge is -2.34. The summed E-state index contributed by atoms with van der Waals surface area (Å²) in [5, 5.41) is 5.21. The van der Waals surface area contributed by atoms with Gasteiger partial charge in [0.2, 0.25) is 0 Å². The highest BCUT2D eigenvalue weighted by Gasteiger charge is 2.21. The second kappa shape index (κ2) is 7.76. The summed E-state index contributed by atoms with van der Waals surface area (Å²) in [5.41, 5.74) is 1.93. The van der Waals surface area contributed by atoms with Crippen molar-refractivity contribution < 1.29 is 9.18 Å². The fourth-order valence-electron chi connectivity index (χ4n) is 3.49. The average molecular weight is 363 g/mol. The van der Waals surface area contributed by atoms with Crippen LogP contribution < -0.4 is 5.32 Å². The minimum atomic E-state index is -0.214. The van der Waals surface area contributed by atoms with Crippen molar-refractivity contribution in [1.29, 1.82) is 0 Å². The van der Waals surface area contributed by atoms with E-state index in [0.29, 0.717) is 13.1 Å². The molecule has 0 radical (unpaired) electrons. The van der Waals surface area contributed by atoms with Crippen molar-refractivity contribution in [2.24, 2.45) is 0 Å². The third-order valence-electron chi connectivity index (χ3n) is 5.01. The Balaban J connectivity index is 1.35. The molecular formula is C22H22FN3O. The lowest BCUT2D eigenvalue weighted by Crippen LogP contribution is -2.49. The van der Waals surface area contributed by atoms with Crippen molar-refractivity contribution in [1.82, 2.24) is 9.80 Å². The molecule has 138 valence electrons. The van der Waals surface area contributed by atoms with Crippen molar-refractivity contribution in [2.75, 3.05) is 31.5 Å². The number of piperazine rings is 1. The molecule has 0 aromatic heterocycles. The van der Waals surface area contributed by atoms with Crippen molar-refractivity contribution in [3.05, 3.63) is 78.1 Å². The summed E-state index contributed by atoms with van der Waals surface area (Å²) in [5.74, 6) is -0.214. The molecule has 1 fully saturated rings. The average Bonchev–Trinajstić information content (AvgIpc) is 2.70. The number of fused-ring (bicyclic) bond motifs is 1. The molecule has 2 amide bonds. The second-order valence-electron chi connectivity index (χ2n) is 6.85. The maximum Gasteiger partial charge on any atom is 0.321 e. The number of hydrogen-bond donors (Lipinski definition) is 1. The van der Waals surface area contributed by atoms with E-state index in [1.54, 1.807) is 0 Å². The van der Waals surface area contributed by atoms with Gasteiger partial charge in [-0.2, -0.15) is 0 Å². The van der Waals surface area contributed by atoms with Gasteiger partial charge in [0.25, 0.3) is 0 Å². The van der Waals surface area contributed by atoms with Gasteiger partial charge in [0, 0.05) is 38.1 Å². The summed E-state index contributed by atoms with van der Waals surface area (Å²) >= 11 is 0. The summed E-state index contributed by atoms with van der Waals surface area (Å²) in [4.78, 5) is 16.8. The van der Waals surface area contributed by atoms with E-state index in [4.69, 9.17) is 0 Å². The van der Waals surface area contributed by atoms with Gasteiger partial charge in [-0.1, -0.05) is 48.5 Å². The molecule has 3 aromatic rings. The highest BCUT2D eigenvalue weighted by atomic mass is 19.1. The number of carbonyl (C=O) groups excluding carboxylic acids is 1. The van der Waals surface area contributed by atoms with E-state index in [-0.39, 0.29) is 11.8 Å². The quantitative estimate of drug-likeness (QED) is 0.752. The van der Waals surface area contributed by atoms with Crippen LogP contribution in [0.5, 0.6) is 0 Å². The zero-order valence-electron chi connectivity index (χ0n) is 15.1. The first kappa shape index (κ1) is 17.5. The van der Waals surface area contributed by atoms with Crippen molar-refractivity contribution >= 4 is 22.5 Å². The number of anilines is 1. The van der Waals surface area contributed by atoms with E-state index in [1.165, 1.54) is 12.1 Å². The van der Waals surface area contributed by atoms with Gasteiger partial charge in [-0.05, 0) is 29.1 Å². The van der Waals surface area contributed by atoms with Crippen LogP contribution in [0.1, 0.15) is 5.56 Å². The number of halogens is 1. The molecule has 27 heavy (non-hydrogen) atoms. The first-order valence-electron chi connectivity index (χ1n) is 9.19. The molecule has 1 aliphatic rings. The monoisotopic (exact) mass is 363 g/mol. The Morgan fingerprint density at radius 1 is 0.889 bits per heavy atom. The molecule has 0 atom stereocenters. The minimum absolute atomic E-state index is 0.0622. The number of nitrogens with zero attached hydrogens (tertiary/aromatic N) is 2. The van der Waals surface area contributed by atoms with Crippen LogP contribution in [0.25, 0.3) is 10.8 Å². The first-order valence-corrected chi connectivity index (χ1v) is 9.19. The lowest BCUT2D eigenvalue weighted by atomic mass is 10.1. The molecule has 4 rings (SSSR count). The molecular weight excluding hydrogens is 341 g/mol. The van der Waals surface area contributed by atoms with Crippen LogP contribution >= 0.6 is 0 Å². The second-order valence-corrected chi connectivity index (χ2v) is 6.85. The van der Waals surface area contributed by atoms with E-state index in [2.05, 4.69) is 10.2 Å². The summed E-state index contributed by atoms with van der Waals surface area (Å²) in [6, 6.07) is 20.5. The summed E-state index contributed by atoms with van der Waals surface area (Å²) in [6.07, 6.45) is 0. The van der Waals surface area contributed by atoms with E-state index in [0.717, 1.165) is 41.7 Å². The molecule has 0 aliphatic carbocycles. The Labute approximate surface area is 158 Å². The standard InChI is InChI=1S/C22H22FN3O/c23-19-10-8-17(9-11-19)16-25-12-14-26(15-13-25)22(27)24-21-7-3-5-18-4-1-2-6-20(18)21/h1-11H,12-16H2,(H,24,27). The van der Waals surface area contributed by atoms with Gasteiger partial charge in [-0.25, -0.2) is 9.18 Å². The minimum Gasteiger partial charge on any atom is -0.322 e. The number of amides is 2. The maximum atomic E-state index is 13.0. The third kappa shape index (κ3) is 4.09. The molecule has 0 spiro atoms. The topological polar surface area (TPSA) is 35.6 Å². The summed E-state index contributed by atoms with van der Waals surface area (Å²) in [7, 11) is 0. The summed E-state index contributed by atoms with van der Waals surface area (Å²) < 4.78 is 13.0. The number of nitrogens with one attached hydrogen (secondary N) is 1. The molecule has 3 aromatic carbocycles. The van der Waals surface area contributed by atoms with Crippen LogP contribution in [-0.2, 0) is 6.54 Å². The third-order valence-corrected chi connectivity index (χ3v) is 5.01. The van der Waals surface area contributed by atoms with Gasteiger partial charge in [0.1, 0.15) is 5.82 Å². The number of carbonyl (C=O) groups is 1. The fraction of sp³-hybridized carbons (Fsp3) is 0.227. The predicted molar refractivity (Wildman–Crippen MR) is 106 cm³/mol. The molecule has 0 unspecified atom stereocenters. The van der Waals surface area contributed by atoms with E-state index >= 15 is 0 Å². The first-order chi connectivity index (χ1) is 13.2. The van der Waals surface area contributed by atoms with Crippen LogP contribution in [-0.4, -0.2) is 42.0 Å². The van der Waals surface area contributed by atoms with Gasteiger partial charge >= 0.3 is 6.03 Å². The van der Waals surface area contributed by atoms with Gasteiger partial charge < -0.3 is 10.2 Å². The van der Waals surface area contributed by atoms with Gasteiger partial charge in [0.05, 0.1) is 5.69 Å². The molecule has 0 saturated carbocycles. The van der Waals surface area contributed by atoms with Crippen molar-refractivity contribution in [2.45, 2.75) is 6.54 Å². The Hall–Kier alpha value is -2.92. The molecule has 1 heterocycles. The van der Waals surface area contributed by atoms with Crippen LogP contribution in [0.2, 0.25) is 0 Å². The largest absolute Gasteiger partial charge is 0.322 e. The van der Waals surface area contributed by atoms with Crippen LogP contribution in [0.3, 0.4) is 0 Å². The van der Waals surface area contributed by atoms with Gasteiger partial charge in [0.15, 0.2) is 0 Å². The molecule has 1 aliphatic heterocycles. The zero-order chi connectivity index (χ0) is 18.6. The molecule has 5 heteroatoms. The van der Waals surface area contributed by atoms with E-state index in [9.17, 15) is 9.18 Å². The van der Waals surface area contributed by atoms with E-state index < -0.39 is 0 Å². The Bertz CT molecular complexity index is 928. The van der Waals surface area contributed by atoms with E-state index in [1.807, 2.05) is 59.5 Å². The van der Waals surface area contributed by atoms with Crippen LogP contribution in [0.4, 0.5) is 14.9 Å². The predicted octanol–water partition coefficient (Wildman–Crippen LogP) is 4.33. The number of rotatable bonds is 3. The maximum absolute atomic E-state index is 13.0. The molecule has 1 N–H and O–H groups in total. The Kier molecular flexibility index (Phi) is 5.03. The number of urea groups is 1. The molecule has 0 bridgehead atoms. The zero-order valence-corrected chi connectivity index (χ0v) is 15.1. The highest BCUT2D eigenvalue weighted by Crippen LogP contribution is 2.23. The fourth-order valence-corrected chi connectivity index (χ4v) is 3.49. The Morgan fingerprint density at radius 3 is 2.37 bits per heavy atom. The van der Waals surface area contributed by atoms with Gasteiger partial charge in [-0.3, -0.25) is 4.90 Å². The smallest absolute Gasteiger partial charge is 0.321 e. The SMILES string of the molecule is O=C(Nc1cccc2ccccc12)N1CCN(Cc2ccc(F)cc2)CC1. The number of hydrogen-bond acceptors (Lipinski definition) is 2. The highest BCUT2D eigenvalue weighted by molar-refractivity contribution is 6.01. The molecule has 1 saturated heterocycles. The van der Waals surface area contributed by atoms with Crippen molar-refractivity contribution in [3.63, 3.8) is 0 Å². The van der Waals surface area contributed by atoms with Crippen LogP contribution in [0.15, 0.2) is 66.7 Å². The number of benzene rings is 3. The lowest BCUT2D eigenvalue weighted by molar-refractivity contribution is 0.143. The van der Waals surface area contributed by atoms with Crippen molar-refractivity contribution in [3.8, 4) is 0 Å². The molecule has 4 nitrogen and oxygen atoms in total. The van der Waals surface area contributed by atoms with Crippen LogP contribution in [0, 0.1) is 5.82 Å². The normalized spacial score (nSPS) is 15.1. The van der Waals surface area contributed by atoms with Gasteiger partial charge in [-0.15, -0.1) is 0 Å².